The Morgan fingerprint density at radius 3 is 2.65 bits per heavy atom. The number of benzene rings is 1. The number of sulfonamides is 1. The standard InChI is InChI=1S/C22H25N5O8S2/c1-12(2)7-9-27-21-14(4-3-8-23-21)19(30)18(22(27)31)20-24-15-6-5-13(10-16(15)37(34,35)26-20)25-36(32,33)11-17(28)29/h3-6,8,10,12,25,30,34-35H,7,9,11H2,1-2H3,(H,24,26)(H,28,29). The van der Waals surface area contributed by atoms with Crippen LogP contribution in [0.4, 0.5) is 11.4 Å². The molecule has 0 radical (unpaired) electrons. The van der Waals surface area contributed by atoms with E-state index in [1.54, 1.807) is 12.1 Å². The number of fused-ring (bicyclic) bond motifs is 2. The van der Waals surface area contributed by atoms with Crippen LogP contribution in [0.3, 0.4) is 0 Å². The second kappa shape index (κ2) is 9.66. The Kier molecular flexibility index (Phi) is 6.89. The number of nitrogens with one attached hydrogen (secondary N) is 2. The number of rotatable bonds is 8. The van der Waals surface area contributed by atoms with Crippen LogP contribution in [0.5, 0.6) is 5.75 Å². The number of aromatic nitrogens is 2. The second-order valence-electron chi connectivity index (χ2n) is 8.79. The van der Waals surface area contributed by atoms with Gasteiger partial charge in [-0.05, 0) is 42.7 Å². The highest BCUT2D eigenvalue weighted by molar-refractivity contribution is 8.23. The molecule has 0 fully saturated rings. The van der Waals surface area contributed by atoms with Crippen molar-refractivity contribution < 1.29 is 32.5 Å². The van der Waals surface area contributed by atoms with E-state index >= 15 is 0 Å². The van der Waals surface area contributed by atoms with E-state index < -0.39 is 43.8 Å². The smallest absolute Gasteiger partial charge is 0.320 e. The van der Waals surface area contributed by atoms with Crippen molar-refractivity contribution >= 4 is 55.0 Å². The minimum Gasteiger partial charge on any atom is -0.506 e. The predicted molar refractivity (Wildman–Crippen MR) is 140 cm³/mol. The first-order chi connectivity index (χ1) is 17.3. The predicted octanol–water partition coefficient (Wildman–Crippen LogP) is 2.87. The molecule has 0 spiro atoms. The van der Waals surface area contributed by atoms with Crippen LogP contribution < -0.4 is 15.6 Å². The Hall–Kier alpha value is -3.66. The molecule has 1 aliphatic heterocycles. The first-order valence-corrected chi connectivity index (χ1v) is 14.2. The molecule has 2 aromatic heterocycles. The van der Waals surface area contributed by atoms with Crippen LogP contribution in [-0.2, 0) is 21.4 Å². The van der Waals surface area contributed by atoms with Crippen molar-refractivity contribution in [1.29, 1.82) is 0 Å². The Labute approximate surface area is 213 Å². The number of carboxylic acid groups (broad SMARTS) is 1. The topological polar surface area (TPSA) is 203 Å². The number of nitrogens with zero attached hydrogens (tertiary/aromatic N) is 3. The molecular weight excluding hydrogens is 526 g/mol. The summed E-state index contributed by atoms with van der Waals surface area (Å²) in [5, 5.41) is 22.8. The molecule has 0 saturated heterocycles. The Balaban J connectivity index is 1.80. The summed E-state index contributed by atoms with van der Waals surface area (Å²) in [5.41, 5.74) is -0.648. The minimum atomic E-state index is -4.24. The lowest BCUT2D eigenvalue weighted by Gasteiger charge is -2.34. The lowest BCUT2D eigenvalue weighted by Crippen LogP contribution is -2.32. The van der Waals surface area contributed by atoms with E-state index in [-0.39, 0.29) is 44.6 Å². The van der Waals surface area contributed by atoms with Crippen LogP contribution >= 0.6 is 10.8 Å². The molecule has 1 aromatic carbocycles. The van der Waals surface area contributed by atoms with Crippen molar-refractivity contribution in [2.75, 3.05) is 15.8 Å². The van der Waals surface area contributed by atoms with E-state index in [4.69, 9.17) is 5.11 Å². The van der Waals surface area contributed by atoms with Crippen molar-refractivity contribution in [3.05, 3.63) is 52.4 Å². The van der Waals surface area contributed by atoms with Crippen molar-refractivity contribution in [2.24, 2.45) is 10.3 Å². The molecule has 0 bridgehead atoms. The number of carboxylic acids is 1. The van der Waals surface area contributed by atoms with Gasteiger partial charge in [-0.3, -0.25) is 28.0 Å². The fourth-order valence-corrected chi connectivity index (χ4v) is 5.87. The van der Waals surface area contributed by atoms with Gasteiger partial charge in [0.1, 0.15) is 21.9 Å². The van der Waals surface area contributed by atoms with Crippen LogP contribution in [-0.4, -0.2) is 54.8 Å². The number of hydrogen-bond acceptors (Lipinski definition) is 10. The Bertz CT molecular complexity index is 1600. The van der Waals surface area contributed by atoms with Crippen LogP contribution in [0.15, 0.2) is 50.6 Å². The van der Waals surface area contributed by atoms with E-state index in [2.05, 4.69) is 19.4 Å². The van der Waals surface area contributed by atoms with Gasteiger partial charge in [0.25, 0.3) is 5.56 Å². The fourth-order valence-electron chi connectivity index (χ4n) is 3.80. The van der Waals surface area contributed by atoms with E-state index in [0.29, 0.717) is 13.0 Å². The zero-order valence-electron chi connectivity index (χ0n) is 19.7. The third kappa shape index (κ3) is 5.39. The molecule has 3 heterocycles. The summed E-state index contributed by atoms with van der Waals surface area (Å²) < 4.78 is 52.9. The molecule has 198 valence electrons. The SMILES string of the molecule is CC(C)CCn1c(=O)c(C2=NS(O)(O)c3cc(NS(=O)(=O)CC(=O)O)ccc3N2)c(O)c2cccnc21. The first kappa shape index (κ1) is 26.4. The van der Waals surface area contributed by atoms with E-state index in [1.807, 2.05) is 13.8 Å². The largest absolute Gasteiger partial charge is 0.506 e. The number of amidine groups is 1. The highest BCUT2D eigenvalue weighted by atomic mass is 32.3. The van der Waals surface area contributed by atoms with Crippen molar-refractivity contribution in [3.63, 3.8) is 0 Å². The molecule has 0 atom stereocenters. The van der Waals surface area contributed by atoms with Gasteiger partial charge in [0.2, 0.25) is 10.0 Å². The summed E-state index contributed by atoms with van der Waals surface area (Å²) in [6.07, 6.45) is 2.15. The number of hydrogen-bond donors (Lipinski definition) is 6. The zero-order chi connectivity index (χ0) is 27.1. The number of carbonyl (C=O) groups is 1. The third-order valence-electron chi connectivity index (χ3n) is 5.50. The number of pyridine rings is 2. The normalized spacial score (nSPS) is 15.5. The summed E-state index contributed by atoms with van der Waals surface area (Å²) in [7, 11) is -8.21. The van der Waals surface area contributed by atoms with Gasteiger partial charge in [-0.1, -0.05) is 24.6 Å². The maximum Gasteiger partial charge on any atom is 0.320 e. The summed E-state index contributed by atoms with van der Waals surface area (Å²) in [4.78, 5) is 28.3. The van der Waals surface area contributed by atoms with Gasteiger partial charge in [0.15, 0.2) is 11.6 Å². The molecule has 0 saturated carbocycles. The number of aliphatic carboxylic acids is 1. The van der Waals surface area contributed by atoms with Gasteiger partial charge in [-0.25, -0.2) is 13.4 Å². The highest BCUT2D eigenvalue weighted by Gasteiger charge is 2.31. The summed E-state index contributed by atoms with van der Waals surface area (Å²) >= 11 is 0. The van der Waals surface area contributed by atoms with Crippen molar-refractivity contribution in [1.82, 2.24) is 9.55 Å². The number of aryl methyl sites for hydroxylation is 1. The Morgan fingerprint density at radius 1 is 1.24 bits per heavy atom. The van der Waals surface area contributed by atoms with E-state index in [0.717, 1.165) is 6.07 Å². The molecule has 0 unspecified atom stereocenters. The van der Waals surface area contributed by atoms with Crippen LogP contribution in [0.1, 0.15) is 25.8 Å². The van der Waals surface area contributed by atoms with Gasteiger partial charge in [0.05, 0.1) is 16.8 Å². The molecule has 4 rings (SSSR count). The lowest BCUT2D eigenvalue weighted by molar-refractivity contribution is -0.134. The molecule has 0 aliphatic carbocycles. The quantitative estimate of drug-likeness (QED) is 0.241. The van der Waals surface area contributed by atoms with Crippen LogP contribution in [0.25, 0.3) is 11.0 Å². The monoisotopic (exact) mass is 551 g/mol. The van der Waals surface area contributed by atoms with Crippen molar-refractivity contribution in [3.8, 4) is 5.75 Å². The summed E-state index contributed by atoms with van der Waals surface area (Å²) in [6, 6.07) is 6.86. The van der Waals surface area contributed by atoms with Gasteiger partial charge in [-0.2, -0.15) is 0 Å². The Morgan fingerprint density at radius 2 is 1.97 bits per heavy atom. The molecular formula is C22H25N5O8S2. The maximum absolute atomic E-state index is 13.5. The molecule has 0 amide bonds. The summed E-state index contributed by atoms with van der Waals surface area (Å²) in [6.45, 7) is 4.30. The molecule has 13 nitrogen and oxygen atoms in total. The molecule has 3 aromatic rings. The van der Waals surface area contributed by atoms with E-state index in [9.17, 15) is 32.2 Å². The fraction of sp³-hybridized carbons (Fsp3) is 0.273. The average Bonchev–Trinajstić information content (AvgIpc) is 2.78. The number of anilines is 2. The first-order valence-electron chi connectivity index (χ1n) is 11.0. The zero-order valence-corrected chi connectivity index (χ0v) is 21.4. The van der Waals surface area contributed by atoms with Gasteiger partial charge >= 0.3 is 5.97 Å². The van der Waals surface area contributed by atoms with Crippen LogP contribution in [0, 0.1) is 5.92 Å². The lowest BCUT2D eigenvalue weighted by atomic mass is 10.1. The second-order valence-corrected chi connectivity index (χ2v) is 12.2. The van der Waals surface area contributed by atoms with Gasteiger partial charge < -0.3 is 15.5 Å². The third-order valence-corrected chi connectivity index (χ3v) is 8.03. The van der Waals surface area contributed by atoms with Gasteiger partial charge in [-0.15, -0.1) is 4.40 Å². The maximum atomic E-state index is 13.5. The molecule has 15 heteroatoms. The minimum absolute atomic E-state index is 0.102. The van der Waals surface area contributed by atoms with Crippen LogP contribution in [0.2, 0.25) is 0 Å². The highest BCUT2D eigenvalue weighted by Crippen LogP contribution is 2.56. The van der Waals surface area contributed by atoms with Crippen molar-refractivity contribution in [2.45, 2.75) is 31.7 Å². The molecule has 37 heavy (non-hydrogen) atoms. The molecule has 6 N–H and O–H groups in total. The molecule has 1 aliphatic rings. The number of aromatic hydroxyl groups is 1. The van der Waals surface area contributed by atoms with E-state index in [1.165, 1.54) is 22.9 Å². The average molecular weight is 552 g/mol. The summed E-state index contributed by atoms with van der Waals surface area (Å²) in [5.74, 6) is -3.18. The van der Waals surface area contributed by atoms with Gasteiger partial charge in [0, 0.05) is 12.7 Å².